The molecule has 5 aromatic rings. The molecule has 0 radical (unpaired) electrons. The highest BCUT2D eigenvalue weighted by Gasteiger charge is 2.18. The first-order chi connectivity index (χ1) is 19.4. The van der Waals surface area contributed by atoms with E-state index >= 15 is 0 Å². The highest BCUT2D eigenvalue weighted by atomic mass is 16.5. The summed E-state index contributed by atoms with van der Waals surface area (Å²) in [7, 11) is 2.16. The van der Waals surface area contributed by atoms with Crippen LogP contribution in [-0.4, -0.2) is 86.1 Å². The van der Waals surface area contributed by atoms with Crippen molar-refractivity contribution in [3.63, 3.8) is 0 Å². The summed E-state index contributed by atoms with van der Waals surface area (Å²) >= 11 is 0. The van der Waals surface area contributed by atoms with Gasteiger partial charge in [0.1, 0.15) is 23.7 Å². The Labute approximate surface area is 241 Å². The highest BCUT2D eigenvalue weighted by Crippen LogP contribution is 2.25. The van der Waals surface area contributed by atoms with E-state index in [0.717, 1.165) is 72.0 Å². The number of fused-ring (bicyclic) bond motifs is 2. The summed E-state index contributed by atoms with van der Waals surface area (Å²) < 4.78 is 9.83. The minimum absolute atomic E-state index is 0. The van der Waals surface area contributed by atoms with Gasteiger partial charge in [0, 0.05) is 62.5 Å². The van der Waals surface area contributed by atoms with Crippen LogP contribution in [0, 0.1) is 13.8 Å². The zero-order valence-electron chi connectivity index (χ0n) is 23.4. The second kappa shape index (κ2) is 12.2. The van der Waals surface area contributed by atoms with Crippen LogP contribution in [0.4, 0.5) is 0 Å². The van der Waals surface area contributed by atoms with Crippen molar-refractivity contribution >= 4 is 22.3 Å². The number of ketones is 1. The molecular weight excluding hydrogens is 514 g/mol. The van der Waals surface area contributed by atoms with Crippen molar-refractivity contribution in [2.45, 2.75) is 34.2 Å². The van der Waals surface area contributed by atoms with Gasteiger partial charge in [-0.3, -0.25) is 23.8 Å². The van der Waals surface area contributed by atoms with E-state index in [1.54, 1.807) is 6.20 Å². The molecule has 0 N–H and O–H groups in total. The average molecular weight is 554 g/mol. The molecule has 214 valence electrons. The SMILES string of the molecule is C.Cc1cccc(Cn2nc(C)c3c(CC(=O)c4cnc5cc(OCCN6CCN(C)CC6)ccn45)cccc32)n1. The summed E-state index contributed by atoms with van der Waals surface area (Å²) in [6.07, 6.45) is 3.80. The Bertz CT molecular complexity index is 1660. The molecule has 1 aromatic carbocycles. The van der Waals surface area contributed by atoms with Gasteiger partial charge in [0.05, 0.1) is 29.6 Å². The molecule has 0 spiro atoms. The van der Waals surface area contributed by atoms with Crippen LogP contribution in [0.25, 0.3) is 16.6 Å². The lowest BCUT2D eigenvalue weighted by molar-refractivity contribution is 0.0987. The molecule has 1 fully saturated rings. The van der Waals surface area contributed by atoms with Crippen molar-refractivity contribution in [1.82, 2.24) is 33.9 Å². The first-order valence-electron chi connectivity index (χ1n) is 13.9. The van der Waals surface area contributed by atoms with Crippen LogP contribution in [-0.2, 0) is 13.0 Å². The number of Topliss-reactive ketones (excluding diaryl/α,β-unsaturated/α-hetero) is 1. The number of benzene rings is 1. The standard InChI is InChI=1S/C31H35N7O2.CH4/c1-22-6-4-8-25(33-22)21-38-27-9-5-7-24(31(27)23(2)34-38)18-29(39)28-20-32-30-19-26(10-11-37(28)30)40-17-16-36-14-12-35(3)13-15-36;/h4-11,19-20H,12-18,21H2,1-3H3;1H4. The van der Waals surface area contributed by atoms with Gasteiger partial charge >= 0.3 is 0 Å². The summed E-state index contributed by atoms with van der Waals surface area (Å²) in [6.45, 7) is 10.4. The van der Waals surface area contributed by atoms with Crippen molar-refractivity contribution in [1.29, 1.82) is 0 Å². The minimum atomic E-state index is 0. The lowest BCUT2D eigenvalue weighted by atomic mass is 10.0. The zero-order valence-corrected chi connectivity index (χ0v) is 23.4. The number of hydrogen-bond donors (Lipinski definition) is 0. The molecule has 1 aliphatic heterocycles. The predicted molar refractivity (Wildman–Crippen MR) is 162 cm³/mol. The van der Waals surface area contributed by atoms with Crippen LogP contribution >= 0.6 is 0 Å². The molecule has 1 aliphatic rings. The normalized spacial score (nSPS) is 14.4. The molecule has 5 heterocycles. The van der Waals surface area contributed by atoms with E-state index in [9.17, 15) is 4.79 Å². The maximum Gasteiger partial charge on any atom is 0.185 e. The van der Waals surface area contributed by atoms with Crippen LogP contribution in [0.15, 0.2) is 60.9 Å². The number of carbonyl (C=O) groups excluding carboxylic acids is 1. The third-order valence-electron chi connectivity index (χ3n) is 7.69. The van der Waals surface area contributed by atoms with Gasteiger partial charge in [-0.15, -0.1) is 0 Å². The fraction of sp³-hybridized carbons (Fsp3) is 0.375. The molecule has 41 heavy (non-hydrogen) atoms. The van der Waals surface area contributed by atoms with E-state index in [4.69, 9.17) is 9.84 Å². The Kier molecular flexibility index (Phi) is 8.46. The van der Waals surface area contributed by atoms with E-state index in [1.807, 2.05) is 71.6 Å². The fourth-order valence-electron chi connectivity index (χ4n) is 5.50. The van der Waals surface area contributed by atoms with Crippen LogP contribution in [0.2, 0.25) is 0 Å². The number of hydrogen-bond acceptors (Lipinski definition) is 7. The number of aryl methyl sites for hydroxylation is 2. The van der Waals surface area contributed by atoms with E-state index in [-0.39, 0.29) is 19.6 Å². The number of rotatable bonds is 9. The van der Waals surface area contributed by atoms with Crippen molar-refractivity contribution in [3.05, 3.63) is 89.3 Å². The number of likely N-dealkylation sites (N-methyl/N-ethyl adjacent to an activating group) is 1. The Morgan fingerprint density at radius 1 is 1.02 bits per heavy atom. The molecule has 0 aliphatic carbocycles. The van der Waals surface area contributed by atoms with Crippen molar-refractivity contribution in [2.24, 2.45) is 0 Å². The molecule has 4 aromatic heterocycles. The predicted octanol–water partition coefficient (Wildman–Crippen LogP) is 4.43. The van der Waals surface area contributed by atoms with Crippen LogP contribution < -0.4 is 4.74 Å². The summed E-state index contributed by atoms with van der Waals surface area (Å²) in [5.74, 6) is 0.776. The third-order valence-corrected chi connectivity index (χ3v) is 7.69. The number of carbonyl (C=O) groups is 1. The average Bonchev–Trinajstić information content (AvgIpc) is 3.51. The van der Waals surface area contributed by atoms with Gasteiger partial charge in [0.2, 0.25) is 0 Å². The third kappa shape index (κ3) is 6.16. The monoisotopic (exact) mass is 553 g/mol. The molecule has 6 rings (SSSR count). The van der Waals surface area contributed by atoms with Gasteiger partial charge in [0.25, 0.3) is 0 Å². The maximum absolute atomic E-state index is 13.5. The molecule has 0 bridgehead atoms. The van der Waals surface area contributed by atoms with Crippen LogP contribution in [0.3, 0.4) is 0 Å². The second-order valence-corrected chi connectivity index (χ2v) is 10.7. The molecule has 0 amide bonds. The number of piperazine rings is 1. The Morgan fingerprint density at radius 3 is 2.63 bits per heavy atom. The van der Waals surface area contributed by atoms with Gasteiger partial charge < -0.3 is 9.64 Å². The van der Waals surface area contributed by atoms with Gasteiger partial charge in [-0.05, 0) is 50.7 Å². The Morgan fingerprint density at radius 2 is 1.83 bits per heavy atom. The molecular formula is C32H39N7O2. The number of pyridine rings is 2. The van der Waals surface area contributed by atoms with Gasteiger partial charge in [-0.25, -0.2) is 4.98 Å². The van der Waals surface area contributed by atoms with Crippen molar-refractivity contribution in [3.8, 4) is 5.75 Å². The topological polar surface area (TPSA) is 80.8 Å². The van der Waals surface area contributed by atoms with E-state index in [1.165, 1.54) is 0 Å². The quantitative estimate of drug-likeness (QED) is 0.250. The van der Waals surface area contributed by atoms with Gasteiger partial charge in [0.15, 0.2) is 5.78 Å². The fourth-order valence-corrected chi connectivity index (χ4v) is 5.50. The highest BCUT2D eigenvalue weighted by molar-refractivity contribution is 5.99. The van der Waals surface area contributed by atoms with E-state index in [0.29, 0.717) is 24.5 Å². The second-order valence-electron chi connectivity index (χ2n) is 10.7. The van der Waals surface area contributed by atoms with Gasteiger partial charge in [-0.2, -0.15) is 5.10 Å². The van der Waals surface area contributed by atoms with Crippen LogP contribution in [0.5, 0.6) is 5.75 Å². The minimum Gasteiger partial charge on any atom is -0.492 e. The summed E-state index contributed by atoms with van der Waals surface area (Å²) in [4.78, 5) is 27.4. The Hall–Kier alpha value is -4.08. The summed E-state index contributed by atoms with van der Waals surface area (Å²) in [6, 6.07) is 15.9. The molecule has 0 unspecified atom stereocenters. The largest absolute Gasteiger partial charge is 0.492 e. The van der Waals surface area contributed by atoms with E-state index in [2.05, 4.69) is 32.9 Å². The van der Waals surface area contributed by atoms with Crippen LogP contribution in [0.1, 0.15) is 40.6 Å². The molecule has 9 nitrogen and oxygen atoms in total. The number of ether oxygens (including phenoxy) is 1. The number of imidazole rings is 1. The van der Waals surface area contributed by atoms with Crippen molar-refractivity contribution in [2.75, 3.05) is 46.4 Å². The lowest BCUT2D eigenvalue weighted by Gasteiger charge is -2.32. The zero-order chi connectivity index (χ0) is 27.6. The maximum atomic E-state index is 13.5. The number of nitrogens with zero attached hydrogens (tertiary/aromatic N) is 7. The Balaban J connectivity index is 0.00000337. The first-order valence-corrected chi connectivity index (χ1v) is 13.9. The molecule has 1 saturated heterocycles. The molecule has 0 saturated carbocycles. The van der Waals surface area contributed by atoms with Gasteiger partial charge in [-0.1, -0.05) is 25.6 Å². The van der Waals surface area contributed by atoms with E-state index < -0.39 is 0 Å². The molecule has 0 atom stereocenters. The summed E-state index contributed by atoms with van der Waals surface area (Å²) in [5, 5.41) is 5.81. The lowest BCUT2D eigenvalue weighted by Crippen LogP contribution is -2.45. The molecule has 9 heteroatoms. The number of aromatic nitrogens is 5. The smallest absolute Gasteiger partial charge is 0.185 e. The van der Waals surface area contributed by atoms with Crippen molar-refractivity contribution < 1.29 is 9.53 Å². The first kappa shape index (κ1) is 28.4. The summed E-state index contributed by atoms with van der Waals surface area (Å²) in [5.41, 5.74) is 6.07.